The molecule has 0 saturated carbocycles. The first-order chi connectivity index (χ1) is 10.8. The maximum atomic E-state index is 12.6. The number of Topliss-reactive ketones (excluding diaryl/α,β-unsaturated/α-hetero) is 2. The van der Waals surface area contributed by atoms with Crippen molar-refractivity contribution in [3.63, 3.8) is 0 Å². The quantitative estimate of drug-likeness (QED) is 0.689. The van der Waals surface area contributed by atoms with E-state index in [4.69, 9.17) is 0 Å². The van der Waals surface area contributed by atoms with Gasteiger partial charge in [0.05, 0.1) is 0 Å². The molecule has 0 aliphatic heterocycles. The molecule has 0 radical (unpaired) electrons. The van der Waals surface area contributed by atoms with Crippen molar-refractivity contribution in [1.82, 2.24) is 4.98 Å². The van der Waals surface area contributed by atoms with E-state index in [9.17, 15) is 9.59 Å². The summed E-state index contributed by atoms with van der Waals surface area (Å²) in [7, 11) is 0. The molecule has 104 valence electrons. The van der Waals surface area contributed by atoms with E-state index in [1.54, 1.807) is 36.5 Å². The van der Waals surface area contributed by atoms with Crippen LogP contribution < -0.4 is 0 Å². The molecule has 0 spiro atoms. The van der Waals surface area contributed by atoms with Gasteiger partial charge in [0, 0.05) is 22.7 Å². The van der Waals surface area contributed by atoms with Gasteiger partial charge in [-0.2, -0.15) is 0 Å². The van der Waals surface area contributed by atoms with Crippen LogP contribution in [0.4, 0.5) is 5.82 Å². The summed E-state index contributed by atoms with van der Waals surface area (Å²) in [5.41, 5.74) is 0.953. The lowest BCUT2D eigenvalue weighted by atomic mass is 9.85. The number of benzene rings is 2. The number of hydrogen-bond acceptors (Lipinski definition) is 4. The first kappa shape index (κ1) is 12.6. The van der Waals surface area contributed by atoms with Gasteiger partial charge < -0.3 is 0 Å². The van der Waals surface area contributed by atoms with Crippen molar-refractivity contribution in [3.05, 3.63) is 71.9 Å². The highest BCUT2D eigenvalue weighted by Crippen LogP contribution is 2.29. The Morgan fingerprint density at radius 2 is 1.45 bits per heavy atom. The van der Waals surface area contributed by atoms with Crippen LogP contribution in [0.5, 0.6) is 0 Å². The van der Waals surface area contributed by atoms with Crippen LogP contribution in [0, 0.1) is 0 Å². The molecule has 0 atom stereocenters. The zero-order valence-electron chi connectivity index (χ0n) is 11.5. The van der Waals surface area contributed by atoms with Gasteiger partial charge in [0.1, 0.15) is 0 Å². The molecule has 4 heteroatoms. The molecule has 0 amide bonds. The van der Waals surface area contributed by atoms with Crippen LogP contribution >= 0.6 is 0 Å². The van der Waals surface area contributed by atoms with Crippen molar-refractivity contribution in [2.24, 2.45) is 4.99 Å². The predicted molar refractivity (Wildman–Crippen MR) is 83.9 cm³/mol. The van der Waals surface area contributed by atoms with Crippen molar-refractivity contribution in [2.45, 2.75) is 0 Å². The third-order valence-electron chi connectivity index (χ3n) is 3.70. The molecule has 0 fully saturated rings. The van der Waals surface area contributed by atoms with Gasteiger partial charge in [0.2, 0.25) is 11.6 Å². The third kappa shape index (κ3) is 1.78. The smallest absolute Gasteiger partial charge is 0.216 e. The van der Waals surface area contributed by atoms with Crippen LogP contribution in [-0.2, 0) is 0 Å². The Morgan fingerprint density at radius 3 is 2.05 bits per heavy atom. The molecule has 2 aromatic carbocycles. The second-order valence-corrected chi connectivity index (χ2v) is 5.02. The summed E-state index contributed by atoms with van der Waals surface area (Å²) in [5, 5.41) is 1.59. The number of aliphatic imine (C=N–C) groups is 1. The second-order valence-electron chi connectivity index (χ2n) is 5.02. The van der Waals surface area contributed by atoms with Crippen LogP contribution in [0.3, 0.4) is 0 Å². The van der Waals surface area contributed by atoms with Crippen LogP contribution in [0.1, 0.15) is 20.7 Å². The first-order valence-electron chi connectivity index (χ1n) is 6.86. The fraction of sp³-hybridized carbons (Fsp3) is 0. The normalized spacial score (nSPS) is 13.5. The summed E-state index contributed by atoms with van der Waals surface area (Å²) in [6.07, 6.45) is 1.58. The van der Waals surface area contributed by atoms with E-state index in [0.29, 0.717) is 22.3 Å². The largest absolute Gasteiger partial charge is 0.287 e. The van der Waals surface area contributed by atoms with Gasteiger partial charge in [-0.05, 0) is 17.5 Å². The fourth-order valence-corrected chi connectivity index (χ4v) is 2.71. The standard InChI is InChI=1S/C18H10N2O2/c21-17-12-7-3-5-11-6-4-8-13(15(11)12)18(22)16(17)20-14-9-1-2-10-19-14/h1-10H. The summed E-state index contributed by atoms with van der Waals surface area (Å²) >= 11 is 0. The lowest BCUT2D eigenvalue weighted by Gasteiger charge is -2.16. The molecule has 1 heterocycles. The van der Waals surface area contributed by atoms with Crippen LogP contribution in [0.25, 0.3) is 10.8 Å². The number of carbonyl (C=O) groups is 2. The number of rotatable bonds is 1. The second kappa shape index (κ2) is 4.70. The molecule has 4 nitrogen and oxygen atoms in total. The summed E-state index contributed by atoms with van der Waals surface area (Å²) in [6.45, 7) is 0. The Morgan fingerprint density at radius 1 is 0.773 bits per heavy atom. The van der Waals surface area contributed by atoms with Gasteiger partial charge in [-0.1, -0.05) is 42.5 Å². The van der Waals surface area contributed by atoms with Gasteiger partial charge in [-0.15, -0.1) is 0 Å². The Kier molecular flexibility index (Phi) is 2.69. The minimum absolute atomic E-state index is 0.0788. The van der Waals surface area contributed by atoms with E-state index < -0.39 is 0 Å². The lowest BCUT2D eigenvalue weighted by Crippen LogP contribution is -2.29. The number of carbonyl (C=O) groups excluding carboxylic acids is 2. The number of hydrogen-bond donors (Lipinski definition) is 0. The number of ketones is 2. The highest BCUT2D eigenvalue weighted by molar-refractivity contribution is 6.75. The summed E-state index contributed by atoms with van der Waals surface area (Å²) in [4.78, 5) is 33.5. The highest BCUT2D eigenvalue weighted by atomic mass is 16.2. The zero-order chi connectivity index (χ0) is 15.1. The molecule has 0 N–H and O–H groups in total. The molecule has 4 rings (SSSR count). The number of aromatic nitrogens is 1. The van der Waals surface area contributed by atoms with E-state index >= 15 is 0 Å². The average molecular weight is 286 g/mol. The molecule has 22 heavy (non-hydrogen) atoms. The van der Waals surface area contributed by atoms with Crippen molar-refractivity contribution < 1.29 is 9.59 Å². The van der Waals surface area contributed by atoms with E-state index in [2.05, 4.69) is 9.98 Å². The molecule has 1 aromatic heterocycles. The minimum atomic E-state index is -0.347. The van der Waals surface area contributed by atoms with E-state index in [1.165, 1.54) is 0 Å². The summed E-state index contributed by atoms with van der Waals surface area (Å²) in [5.74, 6) is -0.342. The van der Waals surface area contributed by atoms with Crippen LogP contribution in [-0.4, -0.2) is 22.3 Å². The van der Waals surface area contributed by atoms with Crippen molar-refractivity contribution in [3.8, 4) is 0 Å². The van der Waals surface area contributed by atoms with Gasteiger partial charge in [-0.3, -0.25) is 9.59 Å². The number of nitrogens with zero attached hydrogens (tertiary/aromatic N) is 2. The van der Waals surface area contributed by atoms with Crippen molar-refractivity contribution >= 4 is 33.9 Å². The minimum Gasteiger partial charge on any atom is -0.287 e. The topological polar surface area (TPSA) is 59.4 Å². The molecule has 0 bridgehead atoms. The SMILES string of the molecule is O=C1C(=Nc2ccccn2)C(=O)c2cccc3cccc1c23. The van der Waals surface area contributed by atoms with Gasteiger partial charge >= 0.3 is 0 Å². The molecular weight excluding hydrogens is 276 g/mol. The monoisotopic (exact) mass is 286 g/mol. The van der Waals surface area contributed by atoms with Crippen molar-refractivity contribution in [1.29, 1.82) is 0 Å². The maximum Gasteiger partial charge on any atom is 0.216 e. The van der Waals surface area contributed by atoms with Crippen LogP contribution in [0.2, 0.25) is 0 Å². The van der Waals surface area contributed by atoms with E-state index in [-0.39, 0.29) is 17.3 Å². The van der Waals surface area contributed by atoms with E-state index in [0.717, 1.165) is 5.39 Å². The zero-order valence-corrected chi connectivity index (χ0v) is 11.5. The van der Waals surface area contributed by atoms with E-state index in [1.807, 2.05) is 24.3 Å². The van der Waals surface area contributed by atoms with Crippen LogP contribution in [0.15, 0.2) is 65.8 Å². The lowest BCUT2D eigenvalue weighted by molar-refractivity contribution is 0.101. The Bertz CT molecular complexity index is 906. The Labute approximate surface area is 126 Å². The van der Waals surface area contributed by atoms with Gasteiger partial charge in [0.25, 0.3) is 0 Å². The maximum absolute atomic E-state index is 12.6. The molecule has 3 aromatic rings. The third-order valence-corrected chi connectivity index (χ3v) is 3.70. The Hall–Kier alpha value is -3.14. The fourth-order valence-electron chi connectivity index (χ4n) is 2.71. The molecule has 1 aliphatic carbocycles. The molecule has 0 unspecified atom stereocenters. The predicted octanol–water partition coefficient (Wildman–Crippen LogP) is 3.39. The average Bonchev–Trinajstić information content (AvgIpc) is 2.57. The first-order valence-corrected chi connectivity index (χ1v) is 6.86. The molecule has 1 aliphatic rings. The highest BCUT2D eigenvalue weighted by Gasteiger charge is 2.32. The molecular formula is C18H10N2O2. The Balaban J connectivity index is 1.98. The number of pyridine rings is 1. The van der Waals surface area contributed by atoms with Gasteiger partial charge in [0.15, 0.2) is 11.5 Å². The summed E-state index contributed by atoms with van der Waals surface area (Å²) < 4.78 is 0. The van der Waals surface area contributed by atoms with Gasteiger partial charge in [-0.25, -0.2) is 9.98 Å². The molecule has 0 saturated heterocycles. The summed E-state index contributed by atoms with van der Waals surface area (Å²) in [6, 6.07) is 16.1. The van der Waals surface area contributed by atoms with Crippen molar-refractivity contribution in [2.75, 3.05) is 0 Å².